The number of nitrogens with zero attached hydrogens (tertiary/aromatic N) is 2. The summed E-state index contributed by atoms with van der Waals surface area (Å²) in [7, 11) is 0. The molecule has 0 aliphatic rings. The monoisotopic (exact) mass is 316 g/mol. The number of aromatic carboxylic acids is 1. The first-order valence-electron chi connectivity index (χ1n) is 4.85. The Morgan fingerprint density at radius 2 is 2.11 bits per heavy atom. The van der Waals surface area contributed by atoms with E-state index in [1.165, 1.54) is 19.1 Å². The maximum atomic E-state index is 13.8. The Balaban J connectivity index is 2.69. The van der Waals surface area contributed by atoms with Gasteiger partial charge in [0, 0.05) is 5.69 Å². The number of hydrogen-bond donors (Lipinski definition) is 1. The average Bonchev–Trinajstić information content (AvgIpc) is 2.67. The fourth-order valence-corrected chi connectivity index (χ4v) is 1.84. The van der Waals surface area contributed by atoms with Crippen molar-refractivity contribution in [2.24, 2.45) is 0 Å². The third-order valence-corrected chi connectivity index (χ3v) is 2.95. The molecule has 0 amide bonds. The minimum atomic E-state index is -1.26. The van der Waals surface area contributed by atoms with Crippen LogP contribution in [0.3, 0.4) is 0 Å². The van der Waals surface area contributed by atoms with E-state index in [2.05, 4.69) is 21.0 Å². The molecule has 0 aliphatic heterocycles. The predicted octanol–water partition coefficient (Wildman–Crippen LogP) is 2.92. The fourth-order valence-electron chi connectivity index (χ4n) is 1.52. The van der Waals surface area contributed by atoms with E-state index in [0.29, 0.717) is 5.69 Å². The van der Waals surface area contributed by atoms with E-state index in [1.807, 2.05) is 0 Å². The summed E-state index contributed by atoms with van der Waals surface area (Å²) in [6, 6.07) is 3.54. The highest BCUT2D eigenvalue weighted by Crippen LogP contribution is 2.25. The third-order valence-electron chi connectivity index (χ3n) is 2.34. The fraction of sp³-hybridized carbons (Fsp3) is 0.0909. The number of aromatic nitrogens is 2. The van der Waals surface area contributed by atoms with E-state index in [-0.39, 0.29) is 10.2 Å². The number of carbonyl (C=O) groups is 1. The van der Waals surface area contributed by atoms with Crippen LogP contribution in [0.25, 0.3) is 5.69 Å². The summed E-state index contributed by atoms with van der Waals surface area (Å²) in [6.45, 7) is 1.51. The van der Waals surface area contributed by atoms with E-state index < -0.39 is 23.3 Å². The van der Waals surface area contributed by atoms with Gasteiger partial charge in [-0.15, -0.1) is 0 Å². The lowest BCUT2D eigenvalue weighted by atomic mass is 10.3. The van der Waals surface area contributed by atoms with Gasteiger partial charge in [-0.1, -0.05) is 0 Å². The molecule has 94 valence electrons. The van der Waals surface area contributed by atoms with Crippen LogP contribution in [0.15, 0.2) is 22.7 Å². The van der Waals surface area contributed by atoms with Crippen LogP contribution in [0.4, 0.5) is 8.78 Å². The van der Waals surface area contributed by atoms with Gasteiger partial charge < -0.3 is 5.11 Å². The zero-order chi connectivity index (χ0) is 13.4. The molecule has 18 heavy (non-hydrogen) atoms. The van der Waals surface area contributed by atoms with Crippen molar-refractivity contribution in [2.75, 3.05) is 0 Å². The molecule has 0 saturated carbocycles. The lowest BCUT2D eigenvalue weighted by molar-refractivity contribution is 0.0690. The molecule has 1 N–H and O–H groups in total. The first-order valence-corrected chi connectivity index (χ1v) is 5.65. The molecule has 0 unspecified atom stereocenters. The van der Waals surface area contributed by atoms with Crippen molar-refractivity contribution in [3.8, 4) is 5.69 Å². The van der Waals surface area contributed by atoms with Gasteiger partial charge in [0.1, 0.15) is 5.69 Å². The van der Waals surface area contributed by atoms with E-state index in [0.717, 1.165) is 10.7 Å². The molecular weight excluding hydrogens is 310 g/mol. The van der Waals surface area contributed by atoms with Gasteiger partial charge in [0.25, 0.3) is 0 Å². The Morgan fingerprint density at radius 1 is 1.44 bits per heavy atom. The number of aryl methyl sites for hydroxylation is 1. The van der Waals surface area contributed by atoms with Crippen LogP contribution >= 0.6 is 15.9 Å². The smallest absolute Gasteiger partial charge is 0.356 e. The van der Waals surface area contributed by atoms with E-state index in [9.17, 15) is 13.6 Å². The number of benzene rings is 1. The molecule has 7 heteroatoms. The molecule has 1 aromatic heterocycles. The molecule has 0 atom stereocenters. The minimum Gasteiger partial charge on any atom is -0.476 e. The molecular formula is C11H7BrF2N2O2. The van der Waals surface area contributed by atoms with Crippen LogP contribution in [0.5, 0.6) is 0 Å². The van der Waals surface area contributed by atoms with Gasteiger partial charge in [0.15, 0.2) is 17.3 Å². The van der Waals surface area contributed by atoms with Crippen molar-refractivity contribution in [2.45, 2.75) is 6.92 Å². The van der Waals surface area contributed by atoms with Gasteiger partial charge in [-0.25, -0.2) is 18.3 Å². The van der Waals surface area contributed by atoms with Crippen LogP contribution in [0.2, 0.25) is 0 Å². The summed E-state index contributed by atoms with van der Waals surface area (Å²) >= 11 is 2.94. The normalized spacial score (nSPS) is 10.7. The molecule has 0 fully saturated rings. The lowest BCUT2D eigenvalue weighted by Gasteiger charge is -2.08. The standard InChI is InChI=1S/C11H7BrF2N2O2/c1-5-4-8(11(17)18)15-16(5)10-7(13)3-2-6(12)9(10)14/h2-4H,1H3,(H,17,18). The Morgan fingerprint density at radius 3 is 2.67 bits per heavy atom. The van der Waals surface area contributed by atoms with Gasteiger partial charge in [-0.05, 0) is 41.1 Å². The zero-order valence-corrected chi connectivity index (χ0v) is 10.7. The Kier molecular flexibility index (Phi) is 3.16. The van der Waals surface area contributed by atoms with Crippen molar-refractivity contribution in [3.05, 3.63) is 45.7 Å². The van der Waals surface area contributed by atoms with E-state index in [1.54, 1.807) is 0 Å². The SMILES string of the molecule is Cc1cc(C(=O)O)nn1-c1c(F)ccc(Br)c1F. The topological polar surface area (TPSA) is 55.1 Å². The second kappa shape index (κ2) is 4.49. The maximum absolute atomic E-state index is 13.8. The summed E-state index contributed by atoms with van der Waals surface area (Å²) in [5.41, 5.74) is -0.357. The molecule has 0 spiro atoms. The summed E-state index contributed by atoms with van der Waals surface area (Å²) in [4.78, 5) is 10.8. The highest BCUT2D eigenvalue weighted by Gasteiger charge is 2.19. The summed E-state index contributed by atoms with van der Waals surface area (Å²) in [5.74, 6) is -2.91. The Bertz CT molecular complexity index is 640. The molecule has 0 aliphatic carbocycles. The summed E-state index contributed by atoms with van der Waals surface area (Å²) in [6.07, 6.45) is 0. The van der Waals surface area contributed by atoms with E-state index >= 15 is 0 Å². The van der Waals surface area contributed by atoms with Crippen LogP contribution in [-0.4, -0.2) is 20.9 Å². The quantitative estimate of drug-likeness (QED) is 0.867. The van der Waals surface area contributed by atoms with Crippen LogP contribution in [-0.2, 0) is 0 Å². The molecule has 2 aromatic rings. The zero-order valence-electron chi connectivity index (χ0n) is 9.12. The number of rotatable bonds is 2. The molecule has 2 rings (SSSR count). The molecule has 1 aromatic carbocycles. The van der Waals surface area contributed by atoms with Crippen LogP contribution in [0, 0.1) is 18.6 Å². The first-order chi connectivity index (χ1) is 8.41. The number of carboxylic acid groups (broad SMARTS) is 1. The van der Waals surface area contributed by atoms with Gasteiger partial charge in [0.05, 0.1) is 4.47 Å². The third kappa shape index (κ3) is 2.01. The molecule has 4 nitrogen and oxygen atoms in total. The lowest BCUT2D eigenvalue weighted by Crippen LogP contribution is -2.07. The highest BCUT2D eigenvalue weighted by atomic mass is 79.9. The van der Waals surface area contributed by atoms with Crippen molar-refractivity contribution in [1.82, 2.24) is 9.78 Å². The van der Waals surface area contributed by atoms with Crippen molar-refractivity contribution < 1.29 is 18.7 Å². The van der Waals surface area contributed by atoms with Crippen LogP contribution in [0.1, 0.15) is 16.2 Å². The van der Waals surface area contributed by atoms with Crippen molar-refractivity contribution >= 4 is 21.9 Å². The van der Waals surface area contributed by atoms with Crippen molar-refractivity contribution in [3.63, 3.8) is 0 Å². The summed E-state index contributed by atoms with van der Waals surface area (Å²) in [5, 5.41) is 12.4. The second-order valence-electron chi connectivity index (χ2n) is 3.58. The Labute approximate surface area is 109 Å². The molecule has 1 heterocycles. The minimum absolute atomic E-state index is 0.0747. The largest absolute Gasteiger partial charge is 0.476 e. The van der Waals surface area contributed by atoms with Crippen LogP contribution < -0.4 is 0 Å². The number of halogens is 3. The number of carboxylic acids is 1. The van der Waals surface area contributed by atoms with Gasteiger partial charge in [-0.3, -0.25) is 0 Å². The van der Waals surface area contributed by atoms with Gasteiger partial charge >= 0.3 is 5.97 Å². The predicted molar refractivity (Wildman–Crippen MR) is 62.9 cm³/mol. The van der Waals surface area contributed by atoms with E-state index in [4.69, 9.17) is 5.11 Å². The second-order valence-corrected chi connectivity index (χ2v) is 4.43. The number of hydrogen-bond acceptors (Lipinski definition) is 2. The van der Waals surface area contributed by atoms with Crippen molar-refractivity contribution in [1.29, 1.82) is 0 Å². The Hall–Kier alpha value is -1.76. The average molecular weight is 317 g/mol. The maximum Gasteiger partial charge on any atom is 0.356 e. The first kappa shape index (κ1) is 12.7. The molecule has 0 saturated heterocycles. The summed E-state index contributed by atoms with van der Waals surface area (Å²) < 4.78 is 28.5. The molecule has 0 radical (unpaired) electrons. The highest BCUT2D eigenvalue weighted by molar-refractivity contribution is 9.10. The van der Waals surface area contributed by atoms with Gasteiger partial charge in [0.2, 0.25) is 0 Å². The van der Waals surface area contributed by atoms with Gasteiger partial charge in [-0.2, -0.15) is 5.10 Å². The molecule has 0 bridgehead atoms.